The zero-order valence-electron chi connectivity index (χ0n) is 10.9. The van der Waals surface area contributed by atoms with Crippen LogP contribution in [0.15, 0.2) is 29.3 Å². The van der Waals surface area contributed by atoms with Gasteiger partial charge in [0.2, 0.25) is 0 Å². The highest BCUT2D eigenvalue weighted by Crippen LogP contribution is 2.18. The number of hydrogen-bond donors (Lipinski definition) is 1. The summed E-state index contributed by atoms with van der Waals surface area (Å²) in [4.78, 5) is 4.39. The largest absolute Gasteiger partial charge is 0.367 e. The van der Waals surface area contributed by atoms with Crippen LogP contribution in [0.5, 0.6) is 0 Å². The Hall–Kier alpha value is -1.31. The average molecular weight is 230 g/mol. The number of aryl methyl sites for hydroxylation is 1. The Morgan fingerprint density at radius 1 is 1.12 bits per heavy atom. The Balaban J connectivity index is 2.03. The van der Waals surface area contributed by atoms with Gasteiger partial charge in [-0.15, -0.1) is 0 Å². The number of nitrogens with one attached hydrogen (secondary N) is 1. The molecule has 1 aromatic rings. The summed E-state index contributed by atoms with van der Waals surface area (Å²) < 4.78 is 0. The maximum atomic E-state index is 4.39. The monoisotopic (exact) mass is 230 g/mol. The van der Waals surface area contributed by atoms with E-state index in [0.29, 0.717) is 6.04 Å². The summed E-state index contributed by atoms with van der Waals surface area (Å²) in [5, 5.41) is 3.59. The minimum Gasteiger partial charge on any atom is -0.367 e. The lowest BCUT2D eigenvalue weighted by molar-refractivity contribution is 0.413. The van der Waals surface area contributed by atoms with E-state index in [4.69, 9.17) is 0 Å². The van der Waals surface area contributed by atoms with Crippen LogP contribution in [0.1, 0.15) is 43.2 Å². The van der Waals surface area contributed by atoms with E-state index in [2.05, 4.69) is 41.5 Å². The molecule has 0 aliphatic heterocycles. The highest BCUT2D eigenvalue weighted by atomic mass is 15.0. The number of benzene rings is 1. The molecule has 1 fully saturated rings. The molecule has 2 nitrogen and oxygen atoms in total. The summed E-state index contributed by atoms with van der Waals surface area (Å²) in [6.45, 7) is 2.11. The van der Waals surface area contributed by atoms with E-state index < -0.39 is 0 Å². The smallest absolute Gasteiger partial charge is 0.128 e. The third kappa shape index (κ3) is 3.32. The molecule has 0 heterocycles. The highest BCUT2D eigenvalue weighted by Gasteiger charge is 2.14. The summed E-state index contributed by atoms with van der Waals surface area (Å²) in [7, 11) is 1.87. The van der Waals surface area contributed by atoms with E-state index in [1.165, 1.54) is 43.2 Å². The molecule has 0 radical (unpaired) electrons. The molecule has 0 amide bonds. The molecule has 1 aliphatic rings. The van der Waals surface area contributed by atoms with E-state index in [9.17, 15) is 0 Å². The molecule has 1 saturated carbocycles. The maximum absolute atomic E-state index is 4.39. The standard InChI is InChI=1S/C15H22N2/c1-12-8-10-13(11-9-12)15(16-2)17-14-6-4-3-5-7-14/h8-11,14H,3-7H2,1-2H3,(H,16,17). The van der Waals surface area contributed by atoms with Gasteiger partial charge in [-0.05, 0) is 19.8 Å². The second-order valence-electron chi connectivity index (χ2n) is 4.92. The van der Waals surface area contributed by atoms with Crippen molar-refractivity contribution in [2.45, 2.75) is 45.1 Å². The molecule has 2 heteroatoms. The lowest BCUT2D eigenvalue weighted by atomic mass is 9.95. The van der Waals surface area contributed by atoms with E-state index >= 15 is 0 Å². The first kappa shape index (κ1) is 12.2. The molecular formula is C15H22N2. The molecule has 0 unspecified atom stereocenters. The van der Waals surface area contributed by atoms with Crippen molar-refractivity contribution in [3.63, 3.8) is 0 Å². The molecule has 1 aromatic carbocycles. The number of rotatable bonds is 2. The summed E-state index contributed by atoms with van der Waals surface area (Å²) >= 11 is 0. The predicted octanol–water partition coefficient (Wildman–Crippen LogP) is 3.29. The third-order valence-corrected chi connectivity index (χ3v) is 3.49. The second-order valence-corrected chi connectivity index (χ2v) is 4.92. The third-order valence-electron chi connectivity index (χ3n) is 3.49. The number of aliphatic imine (C=N–C) groups is 1. The average Bonchev–Trinajstić information content (AvgIpc) is 2.38. The number of nitrogens with zero attached hydrogens (tertiary/aromatic N) is 1. The molecule has 0 atom stereocenters. The van der Waals surface area contributed by atoms with Crippen LogP contribution in [-0.2, 0) is 0 Å². The Morgan fingerprint density at radius 3 is 2.35 bits per heavy atom. The molecule has 0 bridgehead atoms. The van der Waals surface area contributed by atoms with Gasteiger partial charge >= 0.3 is 0 Å². The van der Waals surface area contributed by atoms with E-state index in [0.717, 1.165) is 5.84 Å². The molecule has 0 spiro atoms. The highest BCUT2D eigenvalue weighted by molar-refractivity contribution is 5.98. The van der Waals surface area contributed by atoms with Crippen LogP contribution in [0.3, 0.4) is 0 Å². The molecule has 2 rings (SSSR count). The zero-order chi connectivity index (χ0) is 12.1. The van der Waals surface area contributed by atoms with E-state index in [1.807, 2.05) is 7.05 Å². The number of hydrogen-bond acceptors (Lipinski definition) is 1. The van der Waals surface area contributed by atoms with Gasteiger partial charge in [0.1, 0.15) is 5.84 Å². The van der Waals surface area contributed by atoms with Crippen LogP contribution in [0.25, 0.3) is 0 Å². The first-order chi connectivity index (χ1) is 8.29. The first-order valence-corrected chi connectivity index (χ1v) is 6.60. The van der Waals surface area contributed by atoms with Gasteiger partial charge in [0.05, 0.1) is 0 Å². The fraction of sp³-hybridized carbons (Fsp3) is 0.533. The van der Waals surface area contributed by atoms with Crippen LogP contribution in [0, 0.1) is 6.92 Å². The quantitative estimate of drug-likeness (QED) is 0.612. The Bertz CT molecular complexity index is 372. The van der Waals surface area contributed by atoms with Gasteiger partial charge in [-0.3, -0.25) is 4.99 Å². The van der Waals surface area contributed by atoms with Crippen molar-refractivity contribution in [2.75, 3.05) is 7.05 Å². The Morgan fingerprint density at radius 2 is 1.76 bits per heavy atom. The van der Waals surface area contributed by atoms with Crippen LogP contribution in [0.4, 0.5) is 0 Å². The summed E-state index contributed by atoms with van der Waals surface area (Å²) in [6, 6.07) is 9.19. The Labute approximate surface area is 104 Å². The van der Waals surface area contributed by atoms with E-state index in [-0.39, 0.29) is 0 Å². The second kappa shape index (κ2) is 5.85. The lowest BCUT2D eigenvalue weighted by Gasteiger charge is -2.24. The van der Waals surface area contributed by atoms with Gasteiger partial charge in [0, 0.05) is 18.7 Å². The summed E-state index contributed by atoms with van der Waals surface area (Å²) in [5.74, 6) is 1.04. The van der Waals surface area contributed by atoms with Crippen molar-refractivity contribution >= 4 is 5.84 Å². The van der Waals surface area contributed by atoms with Gasteiger partial charge in [0.15, 0.2) is 0 Å². The van der Waals surface area contributed by atoms with Gasteiger partial charge in [-0.25, -0.2) is 0 Å². The molecule has 92 valence electrons. The van der Waals surface area contributed by atoms with Crippen molar-refractivity contribution in [1.82, 2.24) is 5.32 Å². The van der Waals surface area contributed by atoms with Crippen LogP contribution < -0.4 is 5.32 Å². The van der Waals surface area contributed by atoms with Gasteiger partial charge in [-0.2, -0.15) is 0 Å². The topological polar surface area (TPSA) is 24.4 Å². The molecule has 17 heavy (non-hydrogen) atoms. The van der Waals surface area contributed by atoms with Crippen molar-refractivity contribution in [1.29, 1.82) is 0 Å². The number of amidine groups is 1. The van der Waals surface area contributed by atoms with Crippen molar-refractivity contribution in [2.24, 2.45) is 4.99 Å². The summed E-state index contributed by atoms with van der Waals surface area (Å²) in [5.41, 5.74) is 2.49. The normalized spacial score (nSPS) is 18.1. The minimum absolute atomic E-state index is 0.615. The van der Waals surface area contributed by atoms with Crippen molar-refractivity contribution < 1.29 is 0 Å². The molecule has 1 aliphatic carbocycles. The zero-order valence-corrected chi connectivity index (χ0v) is 10.9. The van der Waals surface area contributed by atoms with Gasteiger partial charge < -0.3 is 5.32 Å². The summed E-state index contributed by atoms with van der Waals surface area (Å²) in [6.07, 6.45) is 6.65. The van der Waals surface area contributed by atoms with Crippen LogP contribution in [-0.4, -0.2) is 18.9 Å². The van der Waals surface area contributed by atoms with Crippen molar-refractivity contribution in [3.8, 4) is 0 Å². The SMILES string of the molecule is CN=C(NC1CCCCC1)c1ccc(C)cc1. The molecular weight excluding hydrogens is 208 g/mol. The Kier molecular flexibility index (Phi) is 4.18. The predicted molar refractivity (Wildman–Crippen MR) is 73.6 cm³/mol. The minimum atomic E-state index is 0.615. The molecule has 0 saturated heterocycles. The van der Waals surface area contributed by atoms with E-state index in [1.54, 1.807) is 0 Å². The van der Waals surface area contributed by atoms with Gasteiger partial charge in [-0.1, -0.05) is 49.1 Å². The molecule has 0 aromatic heterocycles. The van der Waals surface area contributed by atoms with Crippen molar-refractivity contribution in [3.05, 3.63) is 35.4 Å². The maximum Gasteiger partial charge on any atom is 0.128 e. The first-order valence-electron chi connectivity index (χ1n) is 6.60. The lowest BCUT2D eigenvalue weighted by Crippen LogP contribution is -2.36. The fourth-order valence-corrected chi connectivity index (χ4v) is 2.43. The fourth-order valence-electron chi connectivity index (χ4n) is 2.43. The van der Waals surface area contributed by atoms with Crippen LogP contribution >= 0.6 is 0 Å². The molecule has 1 N–H and O–H groups in total. The van der Waals surface area contributed by atoms with Crippen LogP contribution in [0.2, 0.25) is 0 Å². The van der Waals surface area contributed by atoms with Gasteiger partial charge in [0.25, 0.3) is 0 Å².